The Balaban J connectivity index is 5.02. The zero-order valence-corrected chi connectivity index (χ0v) is 16.9. The monoisotopic (exact) mass is 447 g/mol. The van der Waals surface area contributed by atoms with Crippen LogP contribution in [0.15, 0.2) is 4.99 Å². The third kappa shape index (κ3) is 12.0. The molecule has 12 N–H and O–H groups in total. The Hall–Kier alpha value is -3.46. The molecule has 0 spiro atoms. The third-order valence-electron chi connectivity index (χ3n) is 3.80. The van der Waals surface area contributed by atoms with Crippen molar-refractivity contribution in [1.82, 2.24) is 16.0 Å². The smallest absolute Gasteiger partial charge is 0.328 e. The first-order chi connectivity index (χ1) is 14.3. The summed E-state index contributed by atoms with van der Waals surface area (Å²) in [5, 5.41) is 33.8. The molecule has 0 radical (unpaired) electrons. The highest BCUT2D eigenvalue weighted by Crippen LogP contribution is 2.02. The minimum Gasteiger partial charge on any atom is -0.481 e. The molecule has 0 saturated carbocycles. The van der Waals surface area contributed by atoms with E-state index in [4.69, 9.17) is 27.4 Å². The molecule has 0 bridgehead atoms. The molecule has 15 nitrogen and oxygen atoms in total. The molecule has 4 atom stereocenters. The summed E-state index contributed by atoms with van der Waals surface area (Å²) in [6.45, 7) is 0.686. The zero-order valence-electron chi connectivity index (χ0n) is 16.9. The summed E-state index contributed by atoms with van der Waals surface area (Å²) in [5.41, 5.74) is 15.8. The first-order valence-corrected chi connectivity index (χ1v) is 9.16. The Morgan fingerprint density at radius 3 is 2.13 bits per heavy atom. The standard InChI is InChI=1S/C16H29N7O8/c1-7(24)12(15(30)31)23-14(29)9(3-2-4-20-16(18)19)22-10(25)6-21-13(28)8(17)5-11(26)27/h7-9,12,24H,2-6,17H2,1H3,(H,21,28)(H,22,25)(H,23,29)(H,26,27)(H,30,31)(H4,18,19,20). The predicted octanol–water partition coefficient (Wildman–Crippen LogP) is -4.61. The van der Waals surface area contributed by atoms with E-state index in [2.05, 4.69) is 20.9 Å². The quantitative estimate of drug-likeness (QED) is 0.0693. The van der Waals surface area contributed by atoms with Gasteiger partial charge in [-0.2, -0.15) is 0 Å². The lowest BCUT2D eigenvalue weighted by Gasteiger charge is -2.23. The summed E-state index contributed by atoms with van der Waals surface area (Å²) in [4.78, 5) is 61.7. The summed E-state index contributed by atoms with van der Waals surface area (Å²) in [7, 11) is 0. The van der Waals surface area contributed by atoms with E-state index in [0.717, 1.165) is 0 Å². The highest BCUT2D eigenvalue weighted by atomic mass is 16.4. The van der Waals surface area contributed by atoms with Gasteiger partial charge in [0.05, 0.1) is 25.1 Å². The van der Waals surface area contributed by atoms with Crippen molar-refractivity contribution in [2.75, 3.05) is 13.1 Å². The van der Waals surface area contributed by atoms with Gasteiger partial charge in [-0.05, 0) is 19.8 Å². The number of guanidine groups is 1. The molecule has 0 heterocycles. The number of nitrogens with zero attached hydrogens (tertiary/aromatic N) is 1. The summed E-state index contributed by atoms with van der Waals surface area (Å²) in [6, 6.07) is -4.21. The van der Waals surface area contributed by atoms with E-state index < -0.39 is 66.9 Å². The first-order valence-electron chi connectivity index (χ1n) is 9.16. The van der Waals surface area contributed by atoms with Gasteiger partial charge in [0.2, 0.25) is 17.7 Å². The topological polar surface area (TPSA) is 273 Å². The minimum atomic E-state index is -1.61. The summed E-state index contributed by atoms with van der Waals surface area (Å²) in [6.07, 6.45) is -1.81. The summed E-state index contributed by atoms with van der Waals surface area (Å²) < 4.78 is 0. The number of hydrogen-bond donors (Lipinski definition) is 9. The number of carbonyl (C=O) groups is 5. The van der Waals surface area contributed by atoms with Gasteiger partial charge in [-0.25, -0.2) is 4.79 Å². The van der Waals surface area contributed by atoms with Crippen molar-refractivity contribution in [3.05, 3.63) is 0 Å². The molecule has 0 aliphatic carbocycles. The van der Waals surface area contributed by atoms with Gasteiger partial charge in [-0.1, -0.05) is 0 Å². The lowest BCUT2D eigenvalue weighted by Crippen LogP contribution is -2.56. The van der Waals surface area contributed by atoms with Gasteiger partial charge >= 0.3 is 11.9 Å². The van der Waals surface area contributed by atoms with E-state index in [0.29, 0.717) is 0 Å². The van der Waals surface area contributed by atoms with Crippen LogP contribution in [-0.2, 0) is 24.0 Å². The van der Waals surface area contributed by atoms with Crippen molar-refractivity contribution in [2.24, 2.45) is 22.2 Å². The van der Waals surface area contributed by atoms with Crippen molar-refractivity contribution in [3.8, 4) is 0 Å². The molecule has 4 unspecified atom stereocenters. The van der Waals surface area contributed by atoms with Gasteiger partial charge in [0.25, 0.3) is 0 Å². The van der Waals surface area contributed by atoms with Crippen LogP contribution >= 0.6 is 0 Å². The molecule has 15 heteroatoms. The van der Waals surface area contributed by atoms with Crippen molar-refractivity contribution in [1.29, 1.82) is 0 Å². The maximum Gasteiger partial charge on any atom is 0.328 e. The predicted molar refractivity (Wildman–Crippen MR) is 106 cm³/mol. The van der Waals surface area contributed by atoms with Crippen LogP contribution in [0.25, 0.3) is 0 Å². The molecule has 176 valence electrons. The molecule has 3 amide bonds. The van der Waals surface area contributed by atoms with Gasteiger partial charge in [-0.15, -0.1) is 0 Å². The number of aliphatic carboxylic acids is 2. The first kappa shape index (κ1) is 27.5. The molecular weight excluding hydrogens is 418 g/mol. The second-order valence-corrected chi connectivity index (χ2v) is 6.56. The molecule has 0 rings (SSSR count). The largest absolute Gasteiger partial charge is 0.481 e. The van der Waals surface area contributed by atoms with E-state index >= 15 is 0 Å². The van der Waals surface area contributed by atoms with Gasteiger partial charge in [0.15, 0.2) is 12.0 Å². The van der Waals surface area contributed by atoms with Crippen molar-refractivity contribution in [3.63, 3.8) is 0 Å². The number of amides is 3. The average molecular weight is 447 g/mol. The fourth-order valence-electron chi connectivity index (χ4n) is 2.24. The van der Waals surface area contributed by atoms with Gasteiger partial charge in [-0.3, -0.25) is 24.2 Å². The molecule has 0 aromatic rings. The highest BCUT2D eigenvalue weighted by molar-refractivity contribution is 5.93. The molecule has 0 aliphatic rings. The number of aliphatic imine (C=N–C) groups is 1. The SMILES string of the molecule is CC(O)C(NC(=O)C(CCCN=C(N)N)NC(=O)CNC(=O)C(N)CC(=O)O)C(=O)O. The van der Waals surface area contributed by atoms with Crippen LogP contribution in [0.3, 0.4) is 0 Å². The fraction of sp³-hybridized carbons (Fsp3) is 0.625. The fourth-order valence-corrected chi connectivity index (χ4v) is 2.24. The molecule has 0 saturated heterocycles. The summed E-state index contributed by atoms with van der Waals surface area (Å²) >= 11 is 0. The van der Waals surface area contributed by atoms with Crippen LogP contribution in [0.1, 0.15) is 26.2 Å². The molecule has 0 aliphatic heterocycles. The second-order valence-electron chi connectivity index (χ2n) is 6.56. The van der Waals surface area contributed by atoms with Gasteiger partial charge < -0.3 is 48.5 Å². The van der Waals surface area contributed by atoms with Crippen molar-refractivity contribution in [2.45, 2.75) is 50.4 Å². The molecule has 0 aromatic carbocycles. The summed E-state index contributed by atoms with van der Waals surface area (Å²) in [5.74, 6) is -5.54. The van der Waals surface area contributed by atoms with Crippen LogP contribution in [0.2, 0.25) is 0 Å². The van der Waals surface area contributed by atoms with Crippen molar-refractivity contribution < 1.29 is 39.3 Å². The van der Waals surface area contributed by atoms with Crippen LogP contribution in [0, 0.1) is 0 Å². The number of aliphatic hydroxyl groups is 1. The maximum absolute atomic E-state index is 12.4. The molecular formula is C16H29N7O8. The van der Waals surface area contributed by atoms with E-state index in [9.17, 15) is 29.1 Å². The zero-order chi connectivity index (χ0) is 24.1. The Morgan fingerprint density at radius 1 is 1.03 bits per heavy atom. The lowest BCUT2D eigenvalue weighted by molar-refractivity contribution is -0.145. The number of nitrogens with one attached hydrogen (secondary N) is 3. The van der Waals surface area contributed by atoms with Gasteiger partial charge in [0, 0.05) is 6.54 Å². The molecule has 0 fully saturated rings. The van der Waals surface area contributed by atoms with E-state index in [1.807, 2.05) is 0 Å². The van der Waals surface area contributed by atoms with Gasteiger partial charge in [0.1, 0.15) is 6.04 Å². The Labute approximate surface area is 177 Å². The average Bonchev–Trinajstić information content (AvgIpc) is 2.64. The van der Waals surface area contributed by atoms with Crippen molar-refractivity contribution >= 4 is 35.6 Å². The number of hydrogen-bond acceptors (Lipinski definition) is 8. The Bertz CT molecular complexity index is 693. The number of carbonyl (C=O) groups excluding carboxylic acids is 3. The van der Waals surface area contributed by atoms with E-state index in [1.54, 1.807) is 0 Å². The van der Waals surface area contributed by atoms with Crippen LogP contribution in [0.5, 0.6) is 0 Å². The third-order valence-corrected chi connectivity index (χ3v) is 3.80. The normalized spacial score (nSPS) is 14.3. The lowest BCUT2D eigenvalue weighted by atomic mass is 10.1. The number of aliphatic hydroxyl groups excluding tert-OH is 1. The Morgan fingerprint density at radius 2 is 1.65 bits per heavy atom. The van der Waals surface area contributed by atoms with E-state index in [1.165, 1.54) is 6.92 Å². The van der Waals surface area contributed by atoms with Crippen LogP contribution < -0.4 is 33.2 Å². The number of nitrogens with two attached hydrogens (primary N) is 3. The number of carboxylic acid groups (broad SMARTS) is 2. The number of carboxylic acids is 2. The molecule has 0 aromatic heterocycles. The van der Waals surface area contributed by atoms with E-state index in [-0.39, 0.29) is 25.3 Å². The molecule has 31 heavy (non-hydrogen) atoms. The maximum atomic E-state index is 12.4. The van der Waals surface area contributed by atoms with Crippen LogP contribution in [0.4, 0.5) is 0 Å². The highest BCUT2D eigenvalue weighted by Gasteiger charge is 2.29. The van der Waals surface area contributed by atoms with Crippen LogP contribution in [-0.4, -0.2) is 88.3 Å². The number of rotatable bonds is 14. The Kier molecular flexibility index (Phi) is 12.2. The second kappa shape index (κ2) is 13.7. The minimum absolute atomic E-state index is 0.00692.